The van der Waals surface area contributed by atoms with Crippen molar-refractivity contribution in [3.63, 3.8) is 0 Å². The summed E-state index contributed by atoms with van der Waals surface area (Å²) < 4.78 is 0. The van der Waals surface area contributed by atoms with Gasteiger partial charge in [-0.1, -0.05) is 18.2 Å². The van der Waals surface area contributed by atoms with Crippen molar-refractivity contribution in [3.8, 4) is 6.07 Å². The fourth-order valence-corrected chi connectivity index (χ4v) is 3.50. The van der Waals surface area contributed by atoms with Gasteiger partial charge in [-0.3, -0.25) is 4.79 Å². The van der Waals surface area contributed by atoms with E-state index in [4.69, 9.17) is 5.26 Å². The number of hydrogen-bond acceptors (Lipinski definition) is 8. The first-order valence-corrected chi connectivity index (χ1v) is 10.4. The number of carbonyl (C=O) groups excluding carboxylic acids is 1. The topological polar surface area (TPSA) is 119 Å². The zero-order valence-electron chi connectivity index (χ0n) is 17.7. The molecule has 1 saturated heterocycles. The Kier molecular flexibility index (Phi) is 6.53. The summed E-state index contributed by atoms with van der Waals surface area (Å²) in [6, 6.07) is 13.3. The molecule has 9 nitrogen and oxygen atoms in total. The molecule has 0 saturated carbocycles. The molecule has 9 heteroatoms. The Morgan fingerprint density at radius 1 is 1.06 bits per heavy atom. The van der Waals surface area contributed by atoms with Crippen LogP contribution in [-0.2, 0) is 0 Å². The third-order valence-electron chi connectivity index (χ3n) is 5.28. The van der Waals surface area contributed by atoms with Crippen molar-refractivity contribution >= 4 is 28.9 Å². The minimum Gasteiger partial charge on any atom is -0.381 e. The maximum absolute atomic E-state index is 13.0. The molecule has 3 aromatic rings. The Hall–Kier alpha value is -4.03. The minimum absolute atomic E-state index is 0.233. The number of pyridine rings is 1. The summed E-state index contributed by atoms with van der Waals surface area (Å²) in [5.74, 6) is 0.753. The second-order valence-corrected chi connectivity index (χ2v) is 7.68. The highest BCUT2D eigenvalue weighted by atomic mass is 16.1. The fraction of sp³-hybridized carbons (Fsp3) is 0.261. The van der Waals surface area contributed by atoms with Crippen LogP contribution in [0.15, 0.2) is 55.0 Å². The van der Waals surface area contributed by atoms with Crippen molar-refractivity contribution in [2.75, 3.05) is 36.1 Å². The minimum atomic E-state index is -0.233. The van der Waals surface area contributed by atoms with Gasteiger partial charge < -0.3 is 20.9 Å². The Morgan fingerprint density at radius 2 is 1.81 bits per heavy atom. The summed E-state index contributed by atoms with van der Waals surface area (Å²) >= 11 is 0. The molecule has 0 atom stereocenters. The van der Waals surface area contributed by atoms with Crippen LogP contribution in [0, 0.1) is 11.3 Å². The number of rotatable bonds is 6. The van der Waals surface area contributed by atoms with Gasteiger partial charge in [0.2, 0.25) is 0 Å². The molecule has 162 valence electrons. The van der Waals surface area contributed by atoms with Gasteiger partial charge in [0.15, 0.2) is 5.69 Å². The molecule has 32 heavy (non-hydrogen) atoms. The first kappa shape index (κ1) is 21.2. The summed E-state index contributed by atoms with van der Waals surface area (Å²) in [5, 5.41) is 18.4. The average molecular weight is 429 g/mol. The largest absolute Gasteiger partial charge is 0.381 e. The molecule has 3 heterocycles. The molecule has 1 aliphatic rings. The summed E-state index contributed by atoms with van der Waals surface area (Å²) in [5.41, 5.74) is 2.12. The van der Waals surface area contributed by atoms with E-state index in [0.717, 1.165) is 31.6 Å². The average Bonchev–Trinajstić information content (AvgIpc) is 2.82. The zero-order valence-corrected chi connectivity index (χ0v) is 17.7. The van der Waals surface area contributed by atoms with Crippen LogP contribution in [0.2, 0.25) is 0 Å². The lowest BCUT2D eigenvalue weighted by Crippen LogP contribution is -2.37. The van der Waals surface area contributed by atoms with Crippen molar-refractivity contribution < 1.29 is 4.79 Å². The Labute approximate surface area is 186 Å². The maximum atomic E-state index is 13.0. The van der Waals surface area contributed by atoms with Crippen LogP contribution in [0.4, 0.5) is 23.0 Å². The Morgan fingerprint density at radius 3 is 2.50 bits per heavy atom. The maximum Gasteiger partial charge on any atom is 0.259 e. The lowest BCUT2D eigenvalue weighted by atomic mass is 10.0. The number of nitrogens with one attached hydrogen (secondary N) is 3. The third kappa shape index (κ3) is 5.36. The summed E-state index contributed by atoms with van der Waals surface area (Å²) in [7, 11) is 2.11. The fourth-order valence-electron chi connectivity index (χ4n) is 3.50. The van der Waals surface area contributed by atoms with E-state index in [2.05, 4.69) is 42.8 Å². The normalized spacial score (nSPS) is 14.4. The van der Waals surface area contributed by atoms with Crippen molar-refractivity contribution in [3.05, 3.63) is 66.2 Å². The van der Waals surface area contributed by atoms with Gasteiger partial charge in [-0.05, 0) is 45.1 Å². The highest BCUT2D eigenvalue weighted by Gasteiger charge is 2.20. The van der Waals surface area contributed by atoms with E-state index in [-0.39, 0.29) is 17.6 Å². The molecule has 1 aliphatic heterocycles. The van der Waals surface area contributed by atoms with E-state index in [0.29, 0.717) is 22.9 Å². The molecule has 0 radical (unpaired) electrons. The number of amides is 1. The number of likely N-dealkylation sites (tertiary alicyclic amines) is 1. The van der Waals surface area contributed by atoms with Crippen molar-refractivity contribution in [1.82, 2.24) is 19.9 Å². The number of carbonyl (C=O) groups is 1. The predicted octanol–water partition coefficient (Wildman–Crippen LogP) is 3.25. The molecular weight excluding hydrogens is 404 g/mol. The summed E-state index contributed by atoms with van der Waals surface area (Å²) in [6.45, 7) is 2.00. The second-order valence-electron chi connectivity index (χ2n) is 7.68. The molecule has 0 bridgehead atoms. The van der Waals surface area contributed by atoms with Crippen molar-refractivity contribution in [2.45, 2.75) is 18.9 Å². The SMILES string of the molecule is CN1CCC(Nc2cc(Nc3cnc(C#N)cn3)ncc2C(=O)Nc2ccccc2)CC1. The third-order valence-corrected chi connectivity index (χ3v) is 5.28. The Bertz CT molecular complexity index is 1100. The molecule has 4 rings (SSSR count). The highest BCUT2D eigenvalue weighted by molar-refractivity contribution is 6.08. The molecule has 3 N–H and O–H groups in total. The number of piperidine rings is 1. The summed E-state index contributed by atoms with van der Waals surface area (Å²) in [6.07, 6.45) is 6.39. The number of aromatic nitrogens is 3. The lowest BCUT2D eigenvalue weighted by molar-refractivity contribution is 0.102. The smallest absolute Gasteiger partial charge is 0.259 e. The van der Waals surface area contributed by atoms with E-state index < -0.39 is 0 Å². The zero-order chi connectivity index (χ0) is 22.3. The first-order valence-electron chi connectivity index (χ1n) is 10.4. The van der Waals surface area contributed by atoms with Crippen LogP contribution < -0.4 is 16.0 Å². The van der Waals surface area contributed by atoms with Crippen molar-refractivity contribution in [2.24, 2.45) is 0 Å². The molecule has 0 unspecified atom stereocenters. The van der Waals surface area contributed by atoms with E-state index in [1.165, 1.54) is 12.4 Å². The van der Waals surface area contributed by atoms with E-state index in [1.54, 1.807) is 12.3 Å². The predicted molar refractivity (Wildman–Crippen MR) is 123 cm³/mol. The standard InChI is InChI=1S/C23H24N8O/c1-31-9-7-17(8-10-31)28-20-11-21(30-22-15-25-18(12-24)13-26-22)27-14-19(20)23(32)29-16-5-3-2-4-6-16/h2-6,11,13-15,17H,7-10H2,1H3,(H,29,32)(H2,26,27,28,30). The van der Waals surface area contributed by atoms with Gasteiger partial charge >= 0.3 is 0 Å². The van der Waals surface area contributed by atoms with Crippen LogP contribution in [0.25, 0.3) is 0 Å². The van der Waals surface area contributed by atoms with Gasteiger partial charge in [-0.25, -0.2) is 15.0 Å². The lowest BCUT2D eigenvalue weighted by Gasteiger charge is -2.30. The molecule has 0 spiro atoms. The molecule has 0 aliphatic carbocycles. The molecule has 1 aromatic carbocycles. The summed E-state index contributed by atoms with van der Waals surface area (Å²) in [4.78, 5) is 27.9. The van der Waals surface area contributed by atoms with Gasteiger partial charge in [-0.2, -0.15) is 5.26 Å². The Balaban J connectivity index is 1.57. The first-order chi connectivity index (χ1) is 15.6. The van der Waals surface area contributed by atoms with Crippen LogP contribution in [0.5, 0.6) is 0 Å². The molecule has 1 fully saturated rings. The van der Waals surface area contributed by atoms with Gasteiger partial charge in [0.1, 0.15) is 17.7 Å². The van der Waals surface area contributed by atoms with Crippen LogP contribution in [0.1, 0.15) is 28.9 Å². The quantitative estimate of drug-likeness (QED) is 0.547. The monoisotopic (exact) mass is 428 g/mol. The number of nitriles is 1. The van der Waals surface area contributed by atoms with Gasteiger partial charge in [-0.15, -0.1) is 0 Å². The molecular formula is C23H24N8O. The molecule has 2 aromatic heterocycles. The number of para-hydroxylation sites is 1. The van der Waals surface area contributed by atoms with Crippen LogP contribution >= 0.6 is 0 Å². The molecule has 1 amide bonds. The van der Waals surface area contributed by atoms with Gasteiger partial charge in [0, 0.05) is 24.0 Å². The number of nitrogens with zero attached hydrogens (tertiary/aromatic N) is 5. The van der Waals surface area contributed by atoms with E-state index in [9.17, 15) is 4.79 Å². The van der Waals surface area contributed by atoms with Gasteiger partial charge in [0.05, 0.1) is 23.6 Å². The second kappa shape index (κ2) is 9.85. The van der Waals surface area contributed by atoms with Crippen LogP contribution in [0.3, 0.4) is 0 Å². The highest BCUT2D eigenvalue weighted by Crippen LogP contribution is 2.25. The van der Waals surface area contributed by atoms with Crippen molar-refractivity contribution in [1.29, 1.82) is 5.26 Å². The van der Waals surface area contributed by atoms with E-state index in [1.807, 2.05) is 36.4 Å². The van der Waals surface area contributed by atoms with Crippen LogP contribution in [-0.4, -0.2) is 51.9 Å². The number of anilines is 4. The number of hydrogen-bond donors (Lipinski definition) is 3. The van der Waals surface area contributed by atoms with Gasteiger partial charge in [0.25, 0.3) is 5.91 Å². The number of benzene rings is 1. The van der Waals surface area contributed by atoms with E-state index >= 15 is 0 Å².